The molecule has 0 bridgehead atoms. The average molecular weight is 279 g/mol. The maximum atomic E-state index is 5.61. The molecule has 20 heavy (non-hydrogen) atoms. The van der Waals surface area contributed by atoms with E-state index in [1.807, 2.05) is 6.20 Å². The van der Waals surface area contributed by atoms with Gasteiger partial charge in [0.1, 0.15) is 0 Å². The van der Waals surface area contributed by atoms with Crippen molar-refractivity contribution in [3.63, 3.8) is 0 Å². The van der Waals surface area contributed by atoms with E-state index in [0.717, 1.165) is 13.1 Å². The van der Waals surface area contributed by atoms with Crippen LogP contribution in [0.25, 0.3) is 0 Å². The molecule has 3 nitrogen and oxygen atoms in total. The zero-order valence-corrected chi connectivity index (χ0v) is 13.2. The number of hydrogen-bond donors (Lipinski definition) is 2. The molecule has 0 aromatic carbocycles. The van der Waals surface area contributed by atoms with Crippen LogP contribution in [-0.2, 0) is 0 Å². The van der Waals surface area contributed by atoms with Crippen LogP contribution in [0.3, 0.4) is 0 Å². The van der Waals surface area contributed by atoms with Crippen LogP contribution in [0.15, 0.2) is 24.6 Å². The minimum atomic E-state index is 0.469. The largest absolute Gasteiger partial charge is 0.370 e. The van der Waals surface area contributed by atoms with Gasteiger partial charge >= 0.3 is 0 Å². The summed E-state index contributed by atoms with van der Waals surface area (Å²) in [6.45, 7) is 3.94. The molecule has 0 saturated heterocycles. The summed E-state index contributed by atoms with van der Waals surface area (Å²) in [6, 6.07) is 0. The molecular weight excluding hydrogens is 246 g/mol. The monoisotopic (exact) mass is 279 g/mol. The normalized spacial score (nSPS) is 18.1. The predicted octanol–water partition coefficient (Wildman–Crippen LogP) is 3.73. The second-order valence-electron chi connectivity index (χ2n) is 5.63. The third-order valence-electron chi connectivity index (χ3n) is 3.83. The fourth-order valence-corrected chi connectivity index (χ4v) is 2.60. The molecule has 0 amide bonds. The van der Waals surface area contributed by atoms with Gasteiger partial charge in [-0.1, -0.05) is 38.3 Å². The van der Waals surface area contributed by atoms with Crippen LogP contribution in [-0.4, -0.2) is 24.2 Å². The van der Waals surface area contributed by atoms with Crippen LogP contribution in [0.4, 0.5) is 0 Å². The Kier molecular flexibility index (Phi) is 10.1. The van der Waals surface area contributed by atoms with E-state index in [1.54, 1.807) is 0 Å². The highest BCUT2D eigenvalue weighted by atomic mass is 15.3. The van der Waals surface area contributed by atoms with Gasteiger partial charge in [0.2, 0.25) is 0 Å². The summed E-state index contributed by atoms with van der Waals surface area (Å²) < 4.78 is 0. The van der Waals surface area contributed by atoms with E-state index in [2.05, 4.69) is 35.5 Å². The van der Waals surface area contributed by atoms with Crippen LogP contribution >= 0.6 is 0 Å². The molecule has 3 N–H and O–H groups in total. The maximum Gasteiger partial charge on any atom is 0.0981 e. The molecule has 1 aliphatic rings. The third-order valence-corrected chi connectivity index (χ3v) is 3.83. The van der Waals surface area contributed by atoms with E-state index < -0.39 is 0 Å². The summed E-state index contributed by atoms with van der Waals surface area (Å²) in [5.41, 5.74) is 5.61. The van der Waals surface area contributed by atoms with E-state index in [0.29, 0.717) is 6.17 Å². The van der Waals surface area contributed by atoms with E-state index >= 15 is 0 Å². The Balaban J connectivity index is 1.93. The van der Waals surface area contributed by atoms with E-state index in [1.165, 1.54) is 57.8 Å². The zero-order valence-electron chi connectivity index (χ0n) is 13.2. The molecule has 0 aromatic heterocycles. The van der Waals surface area contributed by atoms with Crippen molar-refractivity contribution in [3.8, 4) is 0 Å². The fourth-order valence-electron chi connectivity index (χ4n) is 2.60. The van der Waals surface area contributed by atoms with Crippen molar-refractivity contribution in [2.75, 3.05) is 13.1 Å². The van der Waals surface area contributed by atoms with Gasteiger partial charge < -0.3 is 16.0 Å². The van der Waals surface area contributed by atoms with Gasteiger partial charge in [0.15, 0.2) is 0 Å². The number of nitrogens with two attached hydrogens (primary N) is 1. The van der Waals surface area contributed by atoms with Gasteiger partial charge in [-0.25, -0.2) is 0 Å². The predicted molar refractivity (Wildman–Crippen MR) is 88.2 cm³/mol. The first-order valence-corrected chi connectivity index (χ1v) is 8.42. The third kappa shape index (κ3) is 7.59. The number of nitrogens with one attached hydrogen (secondary N) is 1. The lowest BCUT2D eigenvalue weighted by atomic mass is 10.1. The Hall–Kier alpha value is -0.960. The Morgan fingerprint density at radius 1 is 1.10 bits per heavy atom. The molecule has 0 aliphatic carbocycles. The molecular formula is C17H33N3. The van der Waals surface area contributed by atoms with Gasteiger partial charge in [-0.15, -0.1) is 0 Å². The second kappa shape index (κ2) is 11.8. The fraction of sp³-hybridized carbons (Fsp3) is 0.765. The van der Waals surface area contributed by atoms with Crippen LogP contribution in [0.5, 0.6) is 0 Å². The SMILES string of the molecule is CCCCCC/C=C/CCCCC1NC=CN1CCN. The van der Waals surface area contributed by atoms with Crippen LogP contribution in [0.1, 0.15) is 64.7 Å². The lowest BCUT2D eigenvalue weighted by Crippen LogP contribution is -2.37. The molecule has 0 aromatic rings. The average Bonchev–Trinajstić information content (AvgIpc) is 2.89. The Labute approximate surface area is 125 Å². The number of nitrogens with zero attached hydrogens (tertiary/aromatic N) is 1. The summed E-state index contributed by atoms with van der Waals surface area (Å²) in [5, 5.41) is 3.39. The Morgan fingerprint density at radius 3 is 2.55 bits per heavy atom. The van der Waals surface area contributed by atoms with Gasteiger partial charge in [-0.05, 0) is 38.5 Å². The zero-order chi connectivity index (χ0) is 14.5. The number of allylic oxidation sites excluding steroid dienone is 2. The molecule has 0 fully saturated rings. The van der Waals surface area contributed by atoms with Crippen molar-refractivity contribution in [1.82, 2.24) is 10.2 Å². The van der Waals surface area contributed by atoms with Crippen molar-refractivity contribution in [1.29, 1.82) is 0 Å². The highest BCUT2D eigenvalue weighted by Gasteiger charge is 2.16. The first-order valence-electron chi connectivity index (χ1n) is 8.42. The van der Waals surface area contributed by atoms with Crippen molar-refractivity contribution in [2.24, 2.45) is 5.73 Å². The summed E-state index contributed by atoms with van der Waals surface area (Å²) in [5.74, 6) is 0. The summed E-state index contributed by atoms with van der Waals surface area (Å²) in [7, 11) is 0. The molecule has 0 spiro atoms. The summed E-state index contributed by atoms with van der Waals surface area (Å²) >= 11 is 0. The quantitative estimate of drug-likeness (QED) is 0.422. The Bertz CT molecular complexity index is 273. The minimum absolute atomic E-state index is 0.469. The van der Waals surface area contributed by atoms with Crippen molar-refractivity contribution in [2.45, 2.75) is 70.9 Å². The van der Waals surface area contributed by atoms with Crippen molar-refractivity contribution < 1.29 is 0 Å². The standard InChI is InChI=1S/C17H33N3/c1-2-3-4-5-6-7-8-9-10-11-12-17-19-14-16-20(17)15-13-18/h7-8,14,16-17,19H,2-6,9-13,15,18H2,1H3/b8-7+. The van der Waals surface area contributed by atoms with E-state index in [4.69, 9.17) is 5.73 Å². The molecule has 116 valence electrons. The van der Waals surface area contributed by atoms with Gasteiger partial charge in [0.25, 0.3) is 0 Å². The molecule has 0 radical (unpaired) electrons. The summed E-state index contributed by atoms with van der Waals surface area (Å²) in [6.07, 6.45) is 21.1. The van der Waals surface area contributed by atoms with E-state index in [-0.39, 0.29) is 0 Å². The minimum Gasteiger partial charge on any atom is -0.370 e. The lowest BCUT2D eigenvalue weighted by molar-refractivity contribution is 0.265. The van der Waals surface area contributed by atoms with Crippen LogP contribution in [0, 0.1) is 0 Å². The number of unbranched alkanes of at least 4 members (excludes halogenated alkanes) is 6. The first-order chi connectivity index (χ1) is 9.88. The number of hydrogen-bond acceptors (Lipinski definition) is 3. The first kappa shape index (κ1) is 17.1. The molecule has 1 unspecified atom stereocenters. The lowest BCUT2D eigenvalue weighted by Gasteiger charge is -2.24. The van der Waals surface area contributed by atoms with Crippen LogP contribution < -0.4 is 11.1 Å². The molecule has 1 rings (SSSR count). The number of rotatable bonds is 12. The van der Waals surface area contributed by atoms with Crippen LogP contribution in [0.2, 0.25) is 0 Å². The molecule has 1 heterocycles. The highest BCUT2D eigenvalue weighted by Crippen LogP contribution is 2.12. The van der Waals surface area contributed by atoms with Crippen molar-refractivity contribution in [3.05, 3.63) is 24.6 Å². The van der Waals surface area contributed by atoms with Gasteiger partial charge in [-0.2, -0.15) is 0 Å². The molecule has 3 heteroatoms. The smallest absolute Gasteiger partial charge is 0.0981 e. The molecule has 1 atom stereocenters. The van der Waals surface area contributed by atoms with Gasteiger partial charge in [-0.3, -0.25) is 0 Å². The van der Waals surface area contributed by atoms with Gasteiger partial charge in [0.05, 0.1) is 6.17 Å². The van der Waals surface area contributed by atoms with Gasteiger partial charge in [0, 0.05) is 25.5 Å². The summed E-state index contributed by atoms with van der Waals surface area (Å²) in [4.78, 5) is 2.31. The molecule has 0 saturated carbocycles. The highest BCUT2D eigenvalue weighted by molar-refractivity contribution is 4.94. The topological polar surface area (TPSA) is 41.3 Å². The maximum absolute atomic E-state index is 5.61. The second-order valence-corrected chi connectivity index (χ2v) is 5.63. The molecule has 1 aliphatic heterocycles. The van der Waals surface area contributed by atoms with E-state index in [9.17, 15) is 0 Å². The Morgan fingerprint density at radius 2 is 1.85 bits per heavy atom. The van der Waals surface area contributed by atoms with Crippen molar-refractivity contribution >= 4 is 0 Å².